The molecule has 1 N–H and O–H groups in total. The van der Waals surface area contributed by atoms with Crippen molar-refractivity contribution in [1.29, 1.82) is 0 Å². The molecule has 1 heterocycles. The summed E-state index contributed by atoms with van der Waals surface area (Å²) in [5.41, 5.74) is 4.60. The molecule has 3 aromatic rings. The van der Waals surface area contributed by atoms with Crippen molar-refractivity contribution >= 4 is 27.5 Å². The van der Waals surface area contributed by atoms with Crippen molar-refractivity contribution in [2.45, 2.75) is 20.3 Å². The minimum atomic E-state index is -0.0492. The summed E-state index contributed by atoms with van der Waals surface area (Å²) < 4.78 is 2.82. The van der Waals surface area contributed by atoms with Crippen LogP contribution in [0.1, 0.15) is 17.0 Å². The van der Waals surface area contributed by atoms with Gasteiger partial charge >= 0.3 is 0 Å². The standard InChI is InChI=1S/C19H18BrN3O/c1-13-18(12-19(24)21-16-8-6-7-15(20)11-16)14(2)23(22-13)17-9-4-3-5-10-17/h3-11H,12H2,1-2H3,(H,21,24). The summed E-state index contributed by atoms with van der Waals surface area (Å²) in [5.74, 6) is -0.0492. The van der Waals surface area contributed by atoms with Crippen molar-refractivity contribution in [3.05, 3.63) is 76.0 Å². The molecule has 122 valence electrons. The molecule has 0 fully saturated rings. The van der Waals surface area contributed by atoms with Crippen LogP contribution in [0.15, 0.2) is 59.1 Å². The lowest BCUT2D eigenvalue weighted by Crippen LogP contribution is -2.15. The Morgan fingerprint density at radius 3 is 2.58 bits per heavy atom. The van der Waals surface area contributed by atoms with E-state index < -0.39 is 0 Å². The Labute approximate surface area is 149 Å². The van der Waals surface area contributed by atoms with Gasteiger partial charge in [-0.05, 0) is 44.2 Å². The van der Waals surface area contributed by atoms with E-state index >= 15 is 0 Å². The van der Waals surface area contributed by atoms with Crippen LogP contribution in [-0.2, 0) is 11.2 Å². The molecule has 0 saturated heterocycles. The van der Waals surface area contributed by atoms with Crippen molar-refractivity contribution in [1.82, 2.24) is 9.78 Å². The molecule has 0 unspecified atom stereocenters. The maximum atomic E-state index is 12.4. The second-order valence-corrected chi connectivity index (χ2v) is 6.55. The normalized spacial score (nSPS) is 10.6. The predicted molar refractivity (Wildman–Crippen MR) is 99.5 cm³/mol. The van der Waals surface area contributed by atoms with E-state index in [0.717, 1.165) is 32.8 Å². The zero-order chi connectivity index (χ0) is 17.1. The number of rotatable bonds is 4. The molecule has 1 aromatic heterocycles. The summed E-state index contributed by atoms with van der Waals surface area (Å²) in [6.45, 7) is 3.93. The SMILES string of the molecule is Cc1nn(-c2ccccc2)c(C)c1CC(=O)Nc1cccc(Br)c1. The number of anilines is 1. The highest BCUT2D eigenvalue weighted by molar-refractivity contribution is 9.10. The zero-order valence-corrected chi connectivity index (χ0v) is 15.2. The van der Waals surface area contributed by atoms with Crippen molar-refractivity contribution in [2.75, 3.05) is 5.32 Å². The Bertz CT molecular complexity index is 872. The van der Waals surface area contributed by atoms with Crippen molar-refractivity contribution in [2.24, 2.45) is 0 Å². The Morgan fingerprint density at radius 2 is 1.88 bits per heavy atom. The van der Waals surface area contributed by atoms with E-state index in [2.05, 4.69) is 26.3 Å². The molecule has 0 aliphatic rings. The monoisotopic (exact) mass is 383 g/mol. The first-order chi connectivity index (χ1) is 11.5. The average Bonchev–Trinajstić information content (AvgIpc) is 2.84. The first-order valence-electron chi connectivity index (χ1n) is 7.70. The van der Waals surface area contributed by atoms with Crippen LogP contribution in [-0.4, -0.2) is 15.7 Å². The fraction of sp³-hybridized carbons (Fsp3) is 0.158. The summed E-state index contributed by atoms with van der Waals surface area (Å²) in [5, 5.41) is 7.51. The van der Waals surface area contributed by atoms with Gasteiger partial charge in [0.25, 0.3) is 0 Å². The minimum Gasteiger partial charge on any atom is -0.326 e. The van der Waals surface area contributed by atoms with E-state index in [1.54, 1.807) is 0 Å². The average molecular weight is 384 g/mol. The number of aromatic nitrogens is 2. The predicted octanol–water partition coefficient (Wildman–Crippen LogP) is 4.43. The largest absolute Gasteiger partial charge is 0.326 e. The van der Waals surface area contributed by atoms with E-state index in [-0.39, 0.29) is 5.91 Å². The van der Waals surface area contributed by atoms with E-state index in [1.165, 1.54) is 0 Å². The van der Waals surface area contributed by atoms with Gasteiger partial charge in [0.05, 0.1) is 17.8 Å². The Hall–Kier alpha value is -2.40. The van der Waals surface area contributed by atoms with Crippen LogP contribution in [0.25, 0.3) is 5.69 Å². The van der Waals surface area contributed by atoms with Gasteiger partial charge in [-0.15, -0.1) is 0 Å². The number of para-hydroxylation sites is 1. The fourth-order valence-corrected chi connectivity index (χ4v) is 3.08. The third-order valence-corrected chi connectivity index (χ3v) is 4.38. The Morgan fingerprint density at radius 1 is 1.12 bits per heavy atom. The molecule has 0 aliphatic carbocycles. The number of halogens is 1. The second kappa shape index (κ2) is 7.01. The van der Waals surface area contributed by atoms with Gasteiger partial charge in [0.1, 0.15) is 0 Å². The van der Waals surface area contributed by atoms with Gasteiger partial charge in [-0.3, -0.25) is 4.79 Å². The molecular formula is C19H18BrN3O. The first kappa shape index (κ1) is 16.5. The number of carbonyl (C=O) groups excluding carboxylic acids is 1. The highest BCUT2D eigenvalue weighted by atomic mass is 79.9. The second-order valence-electron chi connectivity index (χ2n) is 5.63. The van der Waals surface area contributed by atoms with Crippen LogP contribution < -0.4 is 5.32 Å². The van der Waals surface area contributed by atoms with E-state index in [4.69, 9.17) is 0 Å². The third kappa shape index (κ3) is 3.57. The lowest BCUT2D eigenvalue weighted by molar-refractivity contribution is -0.115. The zero-order valence-electron chi connectivity index (χ0n) is 13.6. The molecule has 2 aromatic carbocycles. The lowest BCUT2D eigenvalue weighted by Gasteiger charge is -2.07. The van der Waals surface area contributed by atoms with Crippen molar-refractivity contribution in [3.8, 4) is 5.69 Å². The molecule has 0 radical (unpaired) electrons. The van der Waals surface area contributed by atoms with Crippen LogP contribution in [0.4, 0.5) is 5.69 Å². The number of carbonyl (C=O) groups is 1. The maximum Gasteiger partial charge on any atom is 0.228 e. The molecule has 24 heavy (non-hydrogen) atoms. The minimum absolute atomic E-state index is 0.0492. The fourth-order valence-electron chi connectivity index (χ4n) is 2.68. The first-order valence-corrected chi connectivity index (χ1v) is 8.50. The maximum absolute atomic E-state index is 12.4. The van der Waals surface area contributed by atoms with E-state index in [0.29, 0.717) is 6.42 Å². The Balaban J connectivity index is 1.80. The molecule has 0 aliphatic heterocycles. The van der Waals surface area contributed by atoms with Gasteiger partial charge in [0.15, 0.2) is 0 Å². The molecule has 3 rings (SSSR count). The van der Waals surface area contributed by atoms with E-state index in [9.17, 15) is 4.79 Å². The number of hydrogen-bond acceptors (Lipinski definition) is 2. The highest BCUT2D eigenvalue weighted by Crippen LogP contribution is 2.20. The third-order valence-electron chi connectivity index (χ3n) is 3.89. The van der Waals surface area contributed by atoms with Gasteiger partial charge in [-0.1, -0.05) is 40.2 Å². The van der Waals surface area contributed by atoms with Gasteiger partial charge in [-0.25, -0.2) is 4.68 Å². The van der Waals surface area contributed by atoms with Gasteiger partial charge < -0.3 is 5.32 Å². The van der Waals surface area contributed by atoms with Crippen LogP contribution >= 0.6 is 15.9 Å². The molecular weight excluding hydrogens is 366 g/mol. The number of hydrogen-bond donors (Lipinski definition) is 1. The lowest BCUT2D eigenvalue weighted by atomic mass is 10.1. The van der Waals surface area contributed by atoms with Gasteiger partial charge in [0, 0.05) is 21.4 Å². The van der Waals surface area contributed by atoms with E-state index in [1.807, 2.05) is 73.1 Å². The quantitative estimate of drug-likeness (QED) is 0.723. The van der Waals surface area contributed by atoms with Crippen LogP contribution in [0, 0.1) is 13.8 Å². The summed E-state index contributed by atoms with van der Waals surface area (Å²) in [6, 6.07) is 17.5. The molecule has 4 nitrogen and oxygen atoms in total. The van der Waals surface area contributed by atoms with Crippen LogP contribution in [0.3, 0.4) is 0 Å². The smallest absolute Gasteiger partial charge is 0.228 e. The van der Waals surface area contributed by atoms with Crippen LogP contribution in [0.2, 0.25) is 0 Å². The Kier molecular flexibility index (Phi) is 4.81. The number of aryl methyl sites for hydroxylation is 1. The molecule has 0 bridgehead atoms. The highest BCUT2D eigenvalue weighted by Gasteiger charge is 2.16. The topological polar surface area (TPSA) is 46.9 Å². The van der Waals surface area contributed by atoms with Crippen LogP contribution in [0.5, 0.6) is 0 Å². The molecule has 0 spiro atoms. The summed E-state index contributed by atoms with van der Waals surface area (Å²) in [7, 11) is 0. The summed E-state index contributed by atoms with van der Waals surface area (Å²) in [6.07, 6.45) is 0.303. The number of nitrogens with one attached hydrogen (secondary N) is 1. The molecule has 0 atom stereocenters. The summed E-state index contributed by atoms with van der Waals surface area (Å²) >= 11 is 3.41. The number of amides is 1. The molecule has 0 saturated carbocycles. The van der Waals surface area contributed by atoms with Crippen molar-refractivity contribution < 1.29 is 4.79 Å². The molecule has 5 heteroatoms. The number of benzene rings is 2. The summed E-state index contributed by atoms with van der Waals surface area (Å²) in [4.78, 5) is 12.4. The number of nitrogens with zero attached hydrogens (tertiary/aromatic N) is 2. The van der Waals surface area contributed by atoms with Crippen molar-refractivity contribution in [3.63, 3.8) is 0 Å². The van der Waals surface area contributed by atoms with Gasteiger partial charge in [0.2, 0.25) is 5.91 Å². The molecule has 1 amide bonds. The van der Waals surface area contributed by atoms with Gasteiger partial charge in [-0.2, -0.15) is 5.10 Å².